The molecule has 0 unspecified atom stereocenters. The Labute approximate surface area is 166 Å². The molecule has 3 N–H and O–H groups in total. The number of hydrogen-bond acceptors (Lipinski definition) is 3. The Balaban J connectivity index is 1.59. The van der Waals surface area contributed by atoms with Gasteiger partial charge in [0.05, 0.1) is 0 Å². The van der Waals surface area contributed by atoms with Gasteiger partial charge in [0.1, 0.15) is 18.4 Å². The molecule has 2 aromatic rings. The van der Waals surface area contributed by atoms with Gasteiger partial charge < -0.3 is 15.8 Å². The second-order valence-corrected chi connectivity index (χ2v) is 7.42. The third-order valence-corrected chi connectivity index (χ3v) is 5.22. The van der Waals surface area contributed by atoms with Crippen LogP contribution in [-0.2, 0) is 22.6 Å². The lowest BCUT2D eigenvalue weighted by molar-refractivity contribution is -0.130. The highest BCUT2D eigenvalue weighted by Crippen LogP contribution is 2.24. The normalized spacial score (nSPS) is 15.6. The molecule has 1 aliphatic carbocycles. The van der Waals surface area contributed by atoms with Crippen LogP contribution in [0.25, 0.3) is 0 Å². The number of carbonyl (C=O) groups excluding carboxylic acids is 2. The van der Waals surface area contributed by atoms with Gasteiger partial charge in [-0.15, -0.1) is 0 Å². The van der Waals surface area contributed by atoms with E-state index in [-0.39, 0.29) is 11.8 Å². The summed E-state index contributed by atoms with van der Waals surface area (Å²) in [5.41, 5.74) is 7.54. The Kier molecular flexibility index (Phi) is 7.06. The maximum Gasteiger partial charge on any atom is 0.240 e. The molecule has 2 amide bonds. The van der Waals surface area contributed by atoms with Crippen LogP contribution >= 0.6 is 0 Å². The molecular formula is C23H28N2O3. The van der Waals surface area contributed by atoms with Crippen molar-refractivity contribution in [2.24, 2.45) is 11.7 Å². The molecule has 1 aliphatic rings. The van der Waals surface area contributed by atoms with Crippen molar-refractivity contribution in [1.29, 1.82) is 0 Å². The highest BCUT2D eigenvalue weighted by molar-refractivity contribution is 5.87. The molecular weight excluding hydrogens is 352 g/mol. The summed E-state index contributed by atoms with van der Waals surface area (Å²) >= 11 is 0. The van der Waals surface area contributed by atoms with Gasteiger partial charge in [-0.2, -0.15) is 0 Å². The van der Waals surface area contributed by atoms with Gasteiger partial charge in [-0.3, -0.25) is 9.59 Å². The number of nitrogens with one attached hydrogen (secondary N) is 1. The van der Waals surface area contributed by atoms with Crippen molar-refractivity contribution in [2.45, 2.75) is 51.2 Å². The van der Waals surface area contributed by atoms with Crippen molar-refractivity contribution >= 4 is 11.8 Å². The maximum absolute atomic E-state index is 12.5. The summed E-state index contributed by atoms with van der Waals surface area (Å²) in [7, 11) is 0. The van der Waals surface area contributed by atoms with E-state index in [0.717, 1.165) is 42.6 Å². The topological polar surface area (TPSA) is 81.4 Å². The minimum atomic E-state index is -0.709. The van der Waals surface area contributed by atoms with E-state index in [1.54, 1.807) is 0 Å². The van der Waals surface area contributed by atoms with Crippen LogP contribution in [-0.4, -0.2) is 17.9 Å². The first-order valence-corrected chi connectivity index (χ1v) is 9.97. The van der Waals surface area contributed by atoms with E-state index in [9.17, 15) is 9.59 Å². The molecule has 2 aromatic carbocycles. The standard InChI is InChI=1S/C23H28N2O3/c24-22(26)21(25-23(27)19-11-5-2-6-12-19)15-18-10-7-13-20(14-18)28-16-17-8-3-1-4-9-17/h1,3-4,7-10,13-14,19,21H,2,5-6,11-12,15-16H2,(H2,24,26)(H,25,27)/t21-/m1/s1. The van der Waals surface area contributed by atoms with Crippen LogP contribution in [0.15, 0.2) is 54.6 Å². The highest BCUT2D eigenvalue weighted by Gasteiger charge is 2.25. The van der Waals surface area contributed by atoms with Gasteiger partial charge in [0, 0.05) is 12.3 Å². The molecule has 1 atom stereocenters. The number of amides is 2. The van der Waals surface area contributed by atoms with Crippen LogP contribution in [0.1, 0.15) is 43.2 Å². The van der Waals surface area contributed by atoms with Gasteiger partial charge in [0.2, 0.25) is 11.8 Å². The molecule has 3 rings (SSSR count). The van der Waals surface area contributed by atoms with Gasteiger partial charge >= 0.3 is 0 Å². The Bertz CT molecular complexity index is 785. The van der Waals surface area contributed by atoms with E-state index < -0.39 is 11.9 Å². The van der Waals surface area contributed by atoms with E-state index in [0.29, 0.717) is 13.0 Å². The summed E-state index contributed by atoms with van der Waals surface area (Å²) in [6.07, 6.45) is 5.45. The number of primary amides is 1. The van der Waals surface area contributed by atoms with Crippen molar-refractivity contribution in [1.82, 2.24) is 5.32 Å². The van der Waals surface area contributed by atoms with Crippen LogP contribution < -0.4 is 15.8 Å². The van der Waals surface area contributed by atoms with Crippen molar-refractivity contribution in [2.75, 3.05) is 0 Å². The lowest BCUT2D eigenvalue weighted by Gasteiger charge is -2.23. The fourth-order valence-electron chi connectivity index (χ4n) is 3.62. The summed E-state index contributed by atoms with van der Waals surface area (Å²) in [4.78, 5) is 24.4. The number of nitrogens with two attached hydrogens (primary N) is 1. The molecule has 0 heterocycles. The zero-order chi connectivity index (χ0) is 19.8. The summed E-state index contributed by atoms with van der Waals surface area (Å²) in [6.45, 7) is 0.474. The smallest absolute Gasteiger partial charge is 0.240 e. The quantitative estimate of drug-likeness (QED) is 0.737. The summed E-state index contributed by atoms with van der Waals surface area (Å²) in [5.74, 6) is 0.152. The predicted molar refractivity (Wildman–Crippen MR) is 109 cm³/mol. The van der Waals surface area contributed by atoms with Gasteiger partial charge in [-0.05, 0) is 36.1 Å². The molecule has 0 aliphatic heterocycles. The zero-order valence-corrected chi connectivity index (χ0v) is 16.1. The molecule has 0 aromatic heterocycles. The molecule has 148 valence electrons. The number of benzene rings is 2. The number of ether oxygens (including phenoxy) is 1. The van der Waals surface area contributed by atoms with E-state index in [1.165, 1.54) is 6.42 Å². The van der Waals surface area contributed by atoms with Crippen molar-refractivity contribution in [3.63, 3.8) is 0 Å². The minimum absolute atomic E-state index is 0.00357. The summed E-state index contributed by atoms with van der Waals surface area (Å²) < 4.78 is 5.85. The number of hydrogen-bond donors (Lipinski definition) is 2. The third-order valence-electron chi connectivity index (χ3n) is 5.22. The predicted octanol–water partition coefficient (Wildman–Crippen LogP) is 3.36. The molecule has 28 heavy (non-hydrogen) atoms. The van der Waals surface area contributed by atoms with Crippen LogP contribution in [0.4, 0.5) is 0 Å². The Hall–Kier alpha value is -2.82. The lowest BCUT2D eigenvalue weighted by atomic mass is 9.88. The number of carbonyl (C=O) groups is 2. The first-order chi connectivity index (χ1) is 13.6. The molecule has 5 heteroatoms. The van der Waals surface area contributed by atoms with Crippen molar-refractivity contribution < 1.29 is 14.3 Å². The third kappa shape index (κ3) is 5.84. The second kappa shape index (κ2) is 9.93. The van der Waals surface area contributed by atoms with Crippen LogP contribution in [0.5, 0.6) is 5.75 Å². The average Bonchev–Trinajstić information content (AvgIpc) is 2.73. The fourth-order valence-corrected chi connectivity index (χ4v) is 3.62. The largest absolute Gasteiger partial charge is 0.489 e. The molecule has 1 saturated carbocycles. The van der Waals surface area contributed by atoms with E-state index in [1.807, 2.05) is 54.6 Å². The SMILES string of the molecule is NC(=O)[C@@H](Cc1cccc(OCc2ccccc2)c1)NC(=O)C1CCCCC1. The van der Waals surface area contributed by atoms with Crippen LogP contribution in [0, 0.1) is 5.92 Å². The monoisotopic (exact) mass is 380 g/mol. The first kappa shape index (κ1) is 19.9. The van der Waals surface area contributed by atoms with Gasteiger partial charge in [-0.25, -0.2) is 0 Å². The second-order valence-electron chi connectivity index (χ2n) is 7.42. The molecule has 1 fully saturated rings. The molecule has 5 nitrogen and oxygen atoms in total. The van der Waals surface area contributed by atoms with Crippen molar-refractivity contribution in [3.8, 4) is 5.75 Å². The first-order valence-electron chi connectivity index (χ1n) is 9.97. The molecule has 0 radical (unpaired) electrons. The van der Waals surface area contributed by atoms with Crippen LogP contribution in [0.2, 0.25) is 0 Å². The van der Waals surface area contributed by atoms with Gasteiger partial charge in [0.15, 0.2) is 0 Å². The van der Waals surface area contributed by atoms with Gasteiger partial charge in [-0.1, -0.05) is 61.7 Å². The molecule has 0 spiro atoms. The average molecular weight is 380 g/mol. The Morgan fingerprint density at radius 1 is 1.00 bits per heavy atom. The minimum Gasteiger partial charge on any atom is -0.489 e. The maximum atomic E-state index is 12.5. The van der Waals surface area contributed by atoms with Gasteiger partial charge in [0.25, 0.3) is 0 Å². The summed E-state index contributed by atoms with van der Waals surface area (Å²) in [6, 6.07) is 16.8. The Morgan fingerprint density at radius 3 is 2.43 bits per heavy atom. The Morgan fingerprint density at radius 2 is 1.71 bits per heavy atom. The lowest BCUT2D eigenvalue weighted by Crippen LogP contribution is -2.48. The van der Waals surface area contributed by atoms with E-state index in [4.69, 9.17) is 10.5 Å². The zero-order valence-electron chi connectivity index (χ0n) is 16.1. The van der Waals surface area contributed by atoms with E-state index in [2.05, 4.69) is 5.32 Å². The molecule has 0 bridgehead atoms. The number of rotatable bonds is 8. The fraction of sp³-hybridized carbons (Fsp3) is 0.391. The van der Waals surface area contributed by atoms with E-state index >= 15 is 0 Å². The highest BCUT2D eigenvalue weighted by atomic mass is 16.5. The molecule has 0 saturated heterocycles. The van der Waals surface area contributed by atoms with Crippen molar-refractivity contribution in [3.05, 3.63) is 65.7 Å². The summed E-state index contributed by atoms with van der Waals surface area (Å²) in [5, 5.41) is 2.86. The van der Waals surface area contributed by atoms with Crippen LogP contribution in [0.3, 0.4) is 0 Å².